The van der Waals surface area contributed by atoms with E-state index in [4.69, 9.17) is 14.2 Å². The molecule has 0 fully saturated rings. The van der Waals surface area contributed by atoms with Crippen molar-refractivity contribution in [3.8, 4) is 50.6 Å². The van der Waals surface area contributed by atoms with Gasteiger partial charge in [0.05, 0.1) is 21.3 Å². The van der Waals surface area contributed by atoms with E-state index in [0.29, 0.717) is 0 Å². The quantitative estimate of drug-likeness (QED) is 0.144. The average molecular weight is 961 g/mol. The van der Waals surface area contributed by atoms with Crippen molar-refractivity contribution in [1.82, 2.24) is 0 Å². The normalized spacial score (nSPS) is 10.2. The Balaban J connectivity index is 0.000000198. The van der Waals surface area contributed by atoms with Crippen LogP contribution in [0.3, 0.4) is 0 Å². The Labute approximate surface area is 436 Å². The zero-order valence-electron chi connectivity index (χ0n) is 47.2. The van der Waals surface area contributed by atoms with E-state index in [2.05, 4.69) is 211 Å². The van der Waals surface area contributed by atoms with E-state index < -0.39 is 0 Å². The number of ether oxygens (including phenoxy) is 3. The summed E-state index contributed by atoms with van der Waals surface area (Å²) in [6.07, 6.45) is 3.74. The molecule has 0 amide bonds. The van der Waals surface area contributed by atoms with Crippen molar-refractivity contribution in [2.75, 3.05) is 21.3 Å². The smallest absolute Gasteiger partial charge is 0.124 e. The van der Waals surface area contributed by atoms with E-state index in [-0.39, 0.29) is 0 Å². The first-order chi connectivity index (χ1) is 34.2. The molecule has 0 spiro atoms. The van der Waals surface area contributed by atoms with E-state index >= 15 is 0 Å². The summed E-state index contributed by atoms with van der Waals surface area (Å²) in [5.41, 5.74) is 27.6. The monoisotopic (exact) mass is 961 g/mol. The lowest BCUT2D eigenvalue weighted by Gasteiger charge is -2.10. The van der Waals surface area contributed by atoms with Crippen LogP contribution in [0, 0.1) is 96.9 Å². The summed E-state index contributed by atoms with van der Waals surface area (Å²) in [5.74, 6) is 2.76. The zero-order chi connectivity index (χ0) is 53.1. The molecule has 8 aromatic rings. The molecule has 0 N–H and O–H groups in total. The minimum atomic E-state index is 0.880. The summed E-state index contributed by atoms with van der Waals surface area (Å²) in [7, 11) is 5.04. The molecule has 0 radical (unpaired) electrons. The summed E-state index contributed by atoms with van der Waals surface area (Å²) >= 11 is 0. The number of methoxy groups -OCH3 is 3. The molecule has 8 aromatic carbocycles. The Hall–Kier alpha value is -6.84. The van der Waals surface area contributed by atoms with Crippen LogP contribution in [0.4, 0.5) is 0 Å². The highest BCUT2D eigenvalue weighted by molar-refractivity contribution is 5.68. The van der Waals surface area contributed by atoms with Crippen molar-refractivity contribution in [2.45, 2.75) is 123 Å². The number of benzene rings is 8. The molecule has 0 aliphatic heterocycles. The molecular formula is C69H84O3. The van der Waals surface area contributed by atoms with Gasteiger partial charge in [0.2, 0.25) is 0 Å². The van der Waals surface area contributed by atoms with Gasteiger partial charge in [0, 0.05) is 0 Å². The first-order valence-corrected chi connectivity index (χ1v) is 25.5. The maximum absolute atomic E-state index is 5.22. The molecule has 0 saturated carbocycles. The van der Waals surface area contributed by atoms with Crippen LogP contribution < -0.4 is 14.2 Å². The second kappa shape index (κ2) is 28.3. The van der Waals surface area contributed by atoms with Crippen LogP contribution in [0.2, 0.25) is 0 Å². The molecule has 0 atom stereocenters. The zero-order valence-corrected chi connectivity index (χ0v) is 47.2. The lowest BCUT2D eigenvalue weighted by atomic mass is 9.95. The van der Waals surface area contributed by atoms with E-state index in [0.717, 1.165) is 28.4 Å². The summed E-state index contributed by atoms with van der Waals surface area (Å²) < 4.78 is 15.4. The lowest BCUT2D eigenvalue weighted by molar-refractivity contribution is 0.398. The molecule has 0 heterocycles. The Morgan fingerprint density at radius 3 is 0.944 bits per heavy atom. The van der Waals surface area contributed by atoms with Crippen LogP contribution in [0.1, 0.15) is 103 Å². The molecule has 0 aromatic heterocycles. The molecular weight excluding hydrogens is 877 g/mol. The van der Waals surface area contributed by atoms with Crippen LogP contribution in [-0.2, 0) is 6.42 Å². The third-order valence-corrected chi connectivity index (χ3v) is 13.3. The van der Waals surface area contributed by atoms with Crippen molar-refractivity contribution < 1.29 is 14.2 Å². The predicted molar refractivity (Wildman–Crippen MR) is 313 cm³/mol. The van der Waals surface area contributed by atoms with Crippen molar-refractivity contribution in [1.29, 1.82) is 0 Å². The summed E-state index contributed by atoms with van der Waals surface area (Å²) in [6.45, 7) is 32.0. The third kappa shape index (κ3) is 17.8. The van der Waals surface area contributed by atoms with Crippen molar-refractivity contribution >= 4 is 0 Å². The van der Waals surface area contributed by atoms with Gasteiger partial charge < -0.3 is 14.2 Å². The Morgan fingerprint density at radius 2 is 0.611 bits per heavy atom. The highest BCUT2D eigenvalue weighted by Gasteiger charge is 2.07. The van der Waals surface area contributed by atoms with E-state index in [1.54, 1.807) is 21.3 Å². The molecule has 3 nitrogen and oxygen atoms in total. The molecule has 8 rings (SSSR count). The Kier molecular flexibility index (Phi) is 22.7. The Bertz CT molecular complexity index is 2840. The summed E-state index contributed by atoms with van der Waals surface area (Å²) in [6, 6.07) is 52.4. The predicted octanol–water partition coefficient (Wildman–Crippen LogP) is 19.1. The number of aryl methyl sites for hydroxylation is 13. The molecule has 72 heavy (non-hydrogen) atoms. The number of hydrogen-bond acceptors (Lipinski definition) is 3. The van der Waals surface area contributed by atoms with E-state index in [1.807, 2.05) is 38.1 Å². The first-order valence-electron chi connectivity index (χ1n) is 25.5. The standard InChI is InChI=1S/C19H24.C16H18.C15H16.C10H14O2.C9H12O/c1-5-6-7-17-8-10-18(11-9-17)19-12-14(2)16(4)15(3)13-19;1-11-5-7-15(8-6-11)16-9-12(2)14(4)13(3)10-16;1-11-4-6-14(7-5-11)15-9-12(2)8-13(3)10-15;1-7-5-9(11-3)6-8(2)10(7)12-4;1-7-4-8(2)6-9(5-7)10-3/h8-13H,5-7H2,1-4H3;5-10H,1-4H3;4-10H,1-3H3;5-6H,1-4H3;4-6H,1-3H3. The van der Waals surface area contributed by atoms with Gasteiger partial charge in [0.25, 0.3) is 0 Å². The van der Waals surface area contributed by atoms with Crippen LogP contribution in [0.15, 0.2) is 146 Å². The summed E-state index contributed by atoms with van der Waals surface area (Å²) in [4.78, 5) is 0. The van der Waals surface area contributed by atoms with Gasteiger partial charge in [-0.25, -0.2) is 0 Å². The molecule has 378 valence electrons. The molecule has 3 heteroatoms. The van der Waals surface area contributed by atoms with Crippen molar-refractivity contribution in [3.05, 3.63) is 229 Å². The highest BCUT2D eigenvalue weighted by Crippen LogP contribution is 2.29. The summed E-state index contributed by atoms with van der Waals surface area (Å²) in [5, 5.41) is 0. The van der Waals surface area contributed by atoms with Gasteiger partial charge >= 0.3 is 0 Å². The van der Waals surface area contributed by atoms with E-state index in [1.165, 1.54) is 125 Å². The number of rotatable bonds is 9. The molecule has 0 unspecified atom stereocenters. The van der Waals surface area contributed by atoms with Crippen molar-refractivity contribution in [3.63, 3.8) is 0 Å². The molecule has 0 bridgehead atoms. The molecule has 0 aliphatic carbocycles. The maximum atomic E-state index is 5.22. The van der Waals surface area contributed by atoms with E-state index in [9.17, 15) is 0 Å². The van der Waals surface area contributed by atoms with Gasteiger partial charge in [-0.05, 0) is 229 Å². The van der Waals surface area contributed by atoms with Gasteiger partial charge in [-0.1, -0.05) is 157 Å². The van der Waals surface area contributed by atoms with Gasteiger partial charge in [0.1, 0.15) is 17.2 Å². The van der Waals surface area contributed by atoms with Gasteiger partial charge in [0.15, 0.2) is 0 Å². The van der Waals surface area contributed by atoms with Crippen LogP contribution in [0.25, 0.3) is 33.4 Å². The number of hydrogen-bond donors (Lipinski definition) is 0. The fraction of sp³-hybridized carbons (Fsp3) is 0.304. The number of unbranched alkanes of at least 4 members (excludes halogenated alkanes) is 1. The minimum absolute atomic E-state index is 0.880. The highest BCUT2D eigenvalue weighted by atomic mass is 16.5. The van der Waals surface area contributed by atoms with Crippen LogP contribution in [-0.4, -0.2) is 21.3 Å². The van der Waals surface area contributed by atoms with Gasteiger partial charge in [-0.15, -0.1) is 0 Å². The van der Waals surface area contributed by atoms with Crippen LogP contribution >= 0.6 is 0 Å². The first kappa shape index (κ1) is 57.7. The SMILES string of the molecule is CCCCc1ccc(-c2cc(C)c(C)c(C)c2)cc1.COc1cc(C)c(OC)c(C)c1.COc1cc(C)cc(C)c1.Cc1ccc(-c2cc(C)c(C)c(C)c2)cc1.Cc1ccc(-c2cc(C)cc(C)c2)cc1. The molecule has 0 aliphatic rings. The fourth-order valence-corrected chi connectivity index (χ4v) is 8.68. The van der Waals surface area contributed by atoms with Crippen molar-refractivity contribution in [2.24, 2.45) is 0 Å². The maximum Gasteiger partial charge on any atom is 0.124 e. The van der Waals surface area contributed by atoms with Crippen LogP contribution in [0.5, 0.6) is 17.2 Å². The van der Waals surface area contributed by atoms with Gasteiger partial charge in [-0.2, -0.15) is 0 Å². The lowest BCUT2D eigenvalue weighted by Crippen LogP contribution is -1.92. The second-order valence-electron chi connectivity index (χ2n) is 19.7. The average Bonchev–Trinajstić information content (AvgIpc) is 3.34. The third-order valence-electron chi connectivity index (χ3n) is 13.3. The minimum Gasteiger partial charge on any atom is -0.497 e. The fourth-order valence-electron chi connectivity index (χ4n) is 8.68. The Morgan fingerprint density at radius 1 is 0.292 bits per heavy atom. The second-order valence-corrected chi connectivity index (χ2v) is 19.7. The topological polar surface area (TPSA) is 27.7 Å². The van der Waals surface area contributed by atoms with Gasteiger partial charge in [-0.3, -0.25) is 0 Å². The largest absolute Gasteiger partial charge is 0.497 e. The molecule has 0 saturated heterocycles.